The molecule has 2 heterocycles. The summed E-state index contributed by atoms with van der Waals surface area (Å²) in [5.74, 6) is 1.99. The Labute approximate surface area is 99.0 Å². The predicted molar refractivity (Wildman–Crippen MR) is 64.8 cm³/mol. The number of fused-ring (bicyclic) bond motifs is 1. The molecular formula is C10H14ClN3S. The standard InChI is InChI=1S/C10H14ClN3S/c1-3-6(2)12-9-8-7(4-5-15-8)13-10(11)14-9/h6H,3-5H2,1-2H3,(H,12,13,14). The first-order valence-electron chi connectivity index (χ1n) is 5.16. The summed E-state index contributed by atoms with van der Waals surface area (Å²) in [5, 5.41) is 3.73. The zero-order valence-corrected chi connectivity index (χ0v) is 10.5. The van der Waals surface area contributed by atoms with E-state index in [-0.39, 0.29) is 0 Å². The minimum absolute atomic E-state index is 0.349. The van der Waals surface area contributed by atoms with E-state index in [4.69, 9.17) is 11.6 Å². The molecule has 0 fully saturated rings. The van der Waals surface area contributed by atoms with Gasteiger partial charge in [-0.25, -0.2) is 4.98 Å². The van der Waals surface area contributed by atoms with Crippen molar-refractivity contribution in [3.63, 3.8) is 0 Å². The molecule has 0 radical (unpaired) electrons. The Morgan fingerprint density at radius 1 is 1.53 bits per heavy atom. The molecule has 0 aromatic carbocycles. The fourth-order valence-corrected chi connectivity index (χ4v) is 2.71. The molecule has 0 saturated carbocycles. The van der Waals surface area contributed by atoms with Gasteiger partial charge in [0.25, 0.3) is 0 Å². The number of rotatable bonds is 3. The van der Waals surface area contributed by atoms with Crippen molar-refractivity contribution < 1.29 is 0 Å². The molecule has 5 heteroatoms. The Kier molecular flexibility index (Phi) is 3.36. The highest BCUT2D eigenvalue weighted by atomic mass is 35.5. The largest absolute Gasteiger partial charge is 0.367 e. The Balaban J connectivity index is 2.30. The molecule has 0 spiro atoms. The van der Waals surface area contributed by atoms with E-state index in [1.165, 1.54) is 4.90 Å². The van der Waals surface area contributed by atoms with Gasteiger partial charge >= 0.3 is 0 Å². The number of thioether (sulfide) groups is 1. The topological polar surface area (TPSA) is 37.8 Å². The third-order valence-electron chi connectivity index (χ3n) is 2.49. The van der Waals surface area contributed by atoms with Gasteiger partial charge in [-0.15, -0.1) is 11.8 Å². The van der Waals surface area contributed by atoms with Gasteiger partial charge in [0.05, 0.1) is 10.6 Å². The van der Waals surface area contributed by atoms with Crippen LogP contribution in [0.5, 0.6) is 0 Å². The van der Waals surface area contributed by atoms with Gasteiger partial charge in [-0.05, 0) is 24.9 Å². The van der Waals surface area contributed by atoms with Crippen LogP contribution in [0.4, 0.5) is 5.82 Å². The van der Waals surface area contributed by atoms with Gasteiger partial charge < -0.3 is 5.32 Å². The van der Waals surface area contributed by atoms with Crippen molar-refractivity contribution in [2.45, 2.75) is 37.6 Å². The Hall–Kier alpha value is -0.480. The monoisotopic (exact) mass is 243 g/mol. The van der Waals surface area contributed by atoms with Gasteiger partial charge in [0.15, 0.2) is 0 Å². The molecule has 1 aliphatic heterocycles. The highest BCUT2D eigenvalue weighted by Crippen LogP contribution is 2.36. The van der Waals surface area contributed by atoms with Gasteiger partial charge in [0.1, 0.15) is 5.82 Å². The summed E-state index contributed by atoms with van der Waals surface area (Å²) in [6.07, 6.45) is 2.07. The molecule has 15 heavy (non-hydrogen) atoms. The maximum atomic E-state index is 5.88. The molecule has 0 saturated heterocycles. The second-order valence-corrected chi connectivity index (χ2v) is 5.11. The Morgan fingerprint density at radius 2 is 2.33 bits per heavy atom. The summed E-state index contributed by atoms with van der Waals surface area (Å²) in [5.41, 5.74) is 1.09. The molecule has 1 aromatic rings. The van der Waals surface area contributed by atoms with E-state index in [2.05, 4.69) is 29.1 Å². The molecule has 1 N–H and O–H groups in total. The van der Waals surface area contributed by atoms with Crippen LogP contribution in [0.2, 0.25) is 5.28 Å². The molecule has 1 atom stereocenters. The second-order valence-electron chi connectivity index (χ2n) is 3.67. The van der Waals surface area contributed by atoms with E-state index in [1.807, 2.05) is 11.8 Å². The maximum absolute atomic E-state index is 5.88. The number of halogens is 1. The van der Waals surface area contributed by atoms with Crippen LogP contribution < -0.4 is 5.32 Å². The molecule has 82 valence electrons. The first-order valence-corrected chi connectivity index (χ1v) is 6.52. The van der Waals surface area contributed by atoms with Crippen LogP contribution >= 0.6 is 23.4 Å². The van der Waals surface area contributed by atoms with Crippen molar-refractivity contribution in [2.24, 2.45) is 0 Å². The van der Waals surface area contributed by atoms with Gasteiger partial charge in [-0.3, -0.25) is 0 Å². The summed E-state index contributed by atoms with van der Waals surface area (Å²) in [4.78, 5) is 9.68. The molecule has 1 unspecified atom stereocenters. The SMILES string of the molecule is CCC(C)Nc1nc(Cl)nc2c1SCC2. The maximum Gasteiger partial charge on any atom is 0.224 e. The normalized spacial score (nSPS) is 16.2. The summed E-state index contributed by atoms with van der Waals surface area (Å²) in [6.45, 7) is 4.29. The van der Waals surface area contributed by atoms with Crippen LogP contribution in [0.1, 0.15) is 26.0 Å². The van der Waals surface area contributed by atoms with Crippen molar-refractivity contribution in [3.8, 4) is 0 Å². The minimum Gasteiger partial charge on any atom is -0.367 e. The molecule has 0 bridgehead atoms. The Bertz CT molecular complexity index is 370. The van der Waals surface area contributed by atoms with Crippen molar-refractivity contribution in [2.75, 3.05) is 11.1 Å². The predicted octanol–water partition coefficient (Wildman–Crippen LogP) is 2.99. The summed E-state index contributed by atoms with van der Waals surface area (Å²) in [6, 6.07) is 0.418. The number of aryl methyl sites for hydroxylation is 1. The van der Waals surface area contributed by atoms with E-state index < -0.39 is 0 Å². The van der Waals surface area contributed by atoms with Crippen molar-refractivity contribution >= 4 is 29.2 Å². The molecular weight excluding hydrogens is 230 g/mol. The summed E-state index contributed by atoms with van der Waals surface area (Å²) >= 11 is 7.69. The minimum atomic E-state index is 0.349. The third kappa shape index (κ3) is 2.37. The fraction of sp³-hybridized carbons (Fsp3) is 0.600. The lowest BCUT2D eigenvalue weighted by Gasteiger charge is -2.14. The van der Waals surface area contributed by atoms with Crippen molar-refractivity contribution in [1.29, 1.82) is 0 Å². The number of hydrogen-bond acceptors (Lipinski definition) is 4. The first kappa shape index (κ1) is 11.0. The number of anilines is 1. The zero-order valence-electron chi connectivity index (χ0n) is 8.88. The molecule has 3 nitrogen and oxygen atoms in total. The first-order chi connectivity index (χ1) is 7.20. The lowest BCUT2D eigenvalue weighted by Crippen LogP contribution is -2.15. The molecule has 0 aliphatic carbocycles. The second kappa shape index (κ2) is 4.58. The lowest BCUT2D eigenvalue weighted by atomic mass is 10.2. The van der Waals surface area contributed by atoms with Crippen LogP contribution in [-0.2, 0) is 6.42 Å². The van der Waals surface area contributed by atoms with E-state index in [1.54, 1.807) is 0 Å². The molecule has 1 aromatic heterocycles. The van der Waals surface area contributed by atoms with Crippen LogP contribution in [0.15, 0.2) is 4.90 Å². The third-order valence-corrected chi connectivity index (χ3v) is 3.78. The quantitative estimate of drug-likeness (QED) is 0.829. The van der Waals surface area contributed by atoms with Crippen LogP contribution in [0.25, 0.3) is 0 Å². The average Bonchev–Trinajstić information content (AvgIpc) is 2.65. The number of nitrogens with zero attached hydrogens (tertiary/aromatic N) is 2. The van der Waals surface area contributed by atoms with E-state index >= 15 is 0 Å². The van der Waals surface area contributed by atoms with Crippen molar-refractivity contribution in [1.82, 2.24) is 9.97 Å². The number of hydrogen-bond donors (Lipinski definition) is 1. The molecule has 1 aliphatic rings. The average molecular weight is 244 g/mol. The highest BCUT2D eigenvalue weighted by Gasteiger charge is 2.20. The van der Waals surface area contributed by atoms with E-state index in [9.17, 15) is 0 Å². The lowest BCUT2D eigenvalue weighted by molar-refractivity contribution is 0.752. The zero-order chi connectivity index (χ0) is 10.8. The number of nitrogens with one attached hydrogen (secondary N) is 1. The van der Waals surface area contributed by atoms with Gasteiger partial charge in [-0.2, -0.15) is 4.98 Å². The van der Waals surface area contributed by atoms with Gasteiger partial charge in [0, 0.05) is 18.2 Å². The van der Waals surface area contributed by atoms with Crippen LogP contribution in [0.3, 0.4) is 0 Å². The van der Waals surface area contributed by atoms with E-state index in [0.717, 1.165) is 30.1 Å². The van der Waals surface area contributed by atoms with Gasteiger partial charge in [-0.1, -0.05) is 6.92 Å². The number of aromatic nitrogens is 2. The summed E-state index contributed by atoms with van der Waals surface area (Å²) in [7, 11) is 0. The van der Waals surface area contributed by atoms with E-state index in [0.29, 0.717) is 11.3 Å². The molecule has 2 rings (SSSR count). The fourth-order valence-electron chi connectivity index (χ4n) is 1.47. The van der Waals surface area contributed by atoms with Crippen LogP contribution in [-0.4, -0.2) is 21.8 Å². The summed E-state index contributed by atoms with van der Waals surface area (Å²) < 4.78 is 0. The molecule has 0 amide bonds. The van der Waals surface area contributed by atoms with Crippen LogP contribution in [0, 0.1) is 0 Å². The van der Waals surface area contributed by atoms with Crippen molar-refractivity contribution in [3.05, 3.63) is 11.0 Å². The smallest absolute Gasteiger partial charge is 0.224 e. The Morgan fingerprint density at radius 3 is 3.07 bits per heavy atom. The highest BCUT2D eigenvalue weighted by molar-refractivity contribution is 7.99. The van der Waals surface area contributed by atoms with Gasteiger partial charge in [0.2, 0.25) is 5.28 Å².